The van der Waals surface area contributed by atoms with Gasteiger partial charge >= 0.3 is 0 Å². The van der Waals surface area contributed by atoms with E-state index in [1.807, 2.05) is 13.0 Å². The zero-order valence-electron chi connectivity index (χ0n) is 10.9. The molecule has 2 aromatic rings. The van der Waals surface area contributed by atoms with Gasteiger partial charge in [0, 0.05) is 17.8 Å². The number of anilines is 1. The van der Waals surface area contributed by atoms with E-state index in [-0.39, 0.29) is 11.4 Å². The number of nitrogens with two attached hydrogens (primary N) is 1. The summed E-state index contributed by atoms with van der Waals surface area (Å²) in [6.07, 6.45) is 0. The molecule has 0 fully saturated rings. The molecule has 0 spiro atoms. The number of non-ortho nitro benzene ring substituents is 1. The highest BCUT2D eigenvalue weighted by atomic mass is 32.2. The van der Waals surface area contributed by atoms with Gasteiger partial charge in [-0.15, -0.1) is 0 Å². The molecule has 1 atom stereocenters. The molecule has 0 bridgehead atoms. The van der Waals surface area contributed by atoms with Crippen molar-refractivity contribution in [3.8, 4) is 0 Å². The van der Waals surface area contributed by atoms with Gasteiger partial charge in [0.15, 0.2) is 0 Å². The van der Waals surface area contributed by atoms with E-state index in [9.17, 15) is 14.3 Å². The van der Waals surface area contributed by atoms with Crippen LogP contribution in [0.15, 0.2) is 47.4 Å². The number of rotatable bonds is 4. The highest BCUT2D eigenvalue weighted by Crippen LogP contribution is 2.21. The second-order valence-corrected chi connectivity index (χ2v) is 5.87. The van der Waals surface area contributed by atoms with E-state index < -0.39 is 15.7 Å². The van der Waals surface area contributed by atoms with E-state index in [4.69, 9.17) is 5.73 Å². The molecule has 0 aliphatic carbocycles. The minimum atomic E-state index is -1.27. The first kappa shape index (κ1) is 14.2. The Morgan fingerprint density at radius 3 is 2.45 bits per heavy atom. The van der Waals surface area contributed by atoms with E-state index in [1.54, 1.807) is 24.3 Å². The zero-order valence-corrected chi connectivity index (χ0v) is 11.7. The van der Waals surface area contributed by atoms with Crippen molar-refractivity contribution in [1.29, 1.82) is 0 Å². The Morgan fingerprint density at radius 2 is 1.85 bits per heavy atom. The summed E-state index contributed by atoms with van der Waals surface area (Å²) in [5.41, 5.74) is 8.11. The molecule has 2 rings (SSSR count). The van der Waals surface area contributed by atoms with E-state index >= 15 is 0 Å². The van der Waals surface area contributed by atoms with Crippen molar-refractivity contribution in [3.63, 3.8) is 0 Å². The molecule has 0 heterocycles. The summed E-state index contributed by atoms with van der Waals surface area (Å²) >= 11 is 0. The first-order valence-electron chi connectivity index (χ1n) is 5.95. The quantitative estimate of drug-likeness (QED) is 0.533. The van der Waals surface area contributed by atoms with Crippen LogP contribution in [0.25, 0.3) is 0 Å². The maximum absolute atomic E-state index is 12.3. The lowest BCUT2D eigenvalue weighted by molar-refractivity contribution is -0.384. The van der Waals surface area contributed by atoms with Crippen molar-refractivity contribution in [1.82, 2.24) is 0 Å². The summed E-state index contributed by atoms with van der Waals surface area (Å²) < 4.78 is 12.3. The maximum atomic E-state index is 12.3. The third-order valence-corrected chi connectivity index (χ3v) is 4.30. The predicted octanol–water partition coefficient (Wildman–Crippen LogP) is 2.79. The number of aryl methyl sites for hydroxylation is 1. The van der Waals surface area contributed by atoms with Crippen LogP contribution in [-0.2, 0) is 16.6 Å². The lowest BCUT2D eigenvalue weighted by Crippen LogP contribution is -2.01. The minimum absolute atomic E-state index is 0.0228. The molecule has 104 valence electrons. The summed E-state index contributed by atoms with van der Waals surface area (Å²) in [6, 6.07) is 11.4. The fourth-order valence-electron chi connectivity index (χ4n) is 1.78. The lowest BCUT2D eigenvalue weighted by Gasteiger charge is -2.07. The second kappa shape index (κ2) is 5.83. The normalized spacial score (nSPS) is 12.1. The smallest absolute Gasteiger partial charge is 0.269 e. The summed E-state index contributed by atoms with van der Waals surface area (Å²) in [7, 11) is -1.27. The number of nitrogen functional groups attached to an aromatic ring is 1. The molecule has 0 radical (unpaired) electrons. The summed E-state index contributed by atoms with van der Waals surface area (Å²) in [5, 5.41) is 10.6. The van der Waals surface area contributed by atoms with Gasteiger partial charge in [0.05, 0.1) is 26.4 Å². The van der Waals surface area contributed by atoms with Crippen molar-refractivity contribution >= 4 is 22.2 Å². The first-order valence-corrected chi connectivity index (χ1v) is 7.27. The molecule has 5 nitrogen and oxygen atoms in total. The Morgan fingerprint density at radius 1 is 1.20 bits per heavy atom. The maximum Gasteiger partial charge on any atom is 0.269 e. The Labute approximate surface area is 119 Å². The largest absolute Gasteiger partial charge is 0.398 e. The SMILES string of the molecule is Cc1ccc(N)c(S(=O)Cc2ccc([N+](=O)[O-])cc2)c1. The first-order chi connectivity index (χ1) is 9.47. The summed E-state index contributed by atoms with van der Waals surface area (Å²) in [4.78, 5) is 10.7. The minimum Gasteiger partial charge on any atom is -0.398 e. The molecule has 1 unspecified atom stereocenters. The van der Waals surface area contributed by atoms with Gasteiger partial charge in [-0.2, -0.15) is 0 Å². The molecule has 2 N–H and O–H groups in total. The number of nitro groups is 1. The van der Waals surface area contributed by atoms with Crippen LogP contribution in [-0.4, -0.2) is 9.13 Å². The summed E-state index contributed by atoms with van der Waals surface area (Å²) in [6.45, 7) is 1.91. The van der Waals surface area contributed by atoms with Crippen molar-refractivity contribution < 1.29 is 9.13 Å². The number of nitrogens with zero attached hydrogens (tertiary/aromatic N) is 1. The molecule has 0 aliphatic rings. The van der Waals surface area contributed by atoms with Crippen molar-refractivity contribution in [3.05, 3.63) is 63.7 Å². The van der Waals surface area contributed by atoms with Crippen molar-refractivity contribution in [2.75, 3.05) is 5.73 Å². The zero-order chi connectivity index (χ0) is 14.7. The highest BCUT2D eigenvalue weighted by Gasteiger charge is 2.11. The number of nitro benzene ring substituents is 1. The van der Waals surface area contributed by atoms with Crippen LogP contribution in [0.2, 0.25) is 0 Å². The predicted molar refractivity (Wildman–Crippen MR) is 78.8 cm³/mol. The van der Waals surface area contributed by atoms with Crippen molar-refractivity contribution in [2.24, 2.45) is 0 Å². The average molecular weight is 290 g/mol. The van der Waals surface area contributed by atoms with Gasteiger partial charge in [-0.05, 0) is 30.2 Å². The van der Waals surface area contributed by atoms with Gasteiger partial charge in [-0.25, -0.2) is 0 Å². The van der Waals surface area contributed by atoms with Gasteiger partial charge < -0.3 is 5.73 Å². The van der Waals surface area contributed by atoms with Crippen LogP contribution in [0.1, 0.15) is 11.1 Å². The molecule has 0 amide bonds. The van der Waals surface area contributed by atoms with Crippen LogP contribution in [0, 0.1) is 17.0 Å². The number of hydrogen-bond acceptors (Lipinski definition) is 4. The van der Waals surface area contributed by atoms with Crippen molar-refractivity contribution in [2.45, 2.75) is 17.6 Å². The highest BCUT2D eigenvalue weighted by molar-refractivity contribution is 7.84. The summed E-state index contributed by atoms with van der Waals surface area (Å²) in [5.74, 6) is 0.283. The molecule has 2 aromatic carbocycles. The van der Waals surface area contributed by atoms with Crippen LogP contribution < -0.4 is 5.73 Å². The standard InChI is InChI=1S/C14H14N2O3S/c1-10-2-7-13(15)14(8-10)20(19)9-11-3-5-12(6-4-11)16(17)18/h2-8H,9,15H2,1H3. The molecule has 0 aliphatic heterocycles. The fraction of sp³-hybridized carbons (Fsp3) is 0.143. The Kier molecular flexibility index (Phi) is 4.14. The monoisotopic (exact) mass is 290 g/mol. The Hall–Kier alpha value is -2.21. The van der Waals surface area contributed by atoms with Gasteiger partial charge in [0.1, 0.15) is 0 Å². The van der Waals surface area contributed by atoms with E-state index in [0.29, 0.717) is 10.6 Å². The topological polar surface area (TPSA) is 86.2 Å². The molecule has 0 aromatic heterocycles. The third kappa shape index (κ3) is 3.21. The molecule has 0 saturated heterocycles. The van der Waals surface area contributed by atoms with Gasteiger partial charge in [0.25, 0.3) is 5.69 Å². The number of benzene rings is 2. The molecule has 0 saturated carbocycles. The molecule has 20 heavy (non-hydrogen) atoms. The van der Waals surface area contributed by atoms with E-state index in [1.165, 1.54) is 12.1 Å². The molecular weight excluding hydrogens is 276 g/mol. The Bertz CT molecular complexity index is 669. The van der Waals surface area contributed by atoms with Gasteiger partial charge in [0.2, 0.25) is 0 Å². The van der Waals surface area contributed by atoms with Gasteiger partial charge in [-0.3, -0.25) is 14.3 Å². The fourth-order valence-corrected chi connectivity index (χ4v) is 3.08. The van der Waals surface area contributed by atoms with E-state index in [2.05, 4.69) is 0 Å². The Balaban J connectivity index is 2.19. The third-order valence-electron chi connectivity index (χ3n) is 2.86. The second-order valence-electron chi connectivity index (χ2n) is 4.45. The average Bonchev–Trinajstić information content (AvgIpc) is 2.42. The van der Waals surface area contributed by atoms with Gasteiger partial charge in [-0.1, -0.05) is 18.2 Å². The number of hydrogen-bond donors (Lipinski definition) is 1. The molecular formula is C14H14N2O3S. The van der Waals surface area contributed by atoms with E-state index in [0.717, 1.165) is 11.1 Å². The van der Waals surface area contributed by atoms with Crippen LogP contribution in [0.5, 0.6) is 0 Å². The molecule has 6 heteroatoms. The van der Waals surface area contributed by atoms with Crippen LogP contribution in [0.4, 0.5) is 11.4 Å². The van der Waals surface area contributed by atoms with Crippen LogP contribution >= 0.6 is 0 Å². The van der Waals surface area contributed by atoms with Crippen LogP contribution in [0.3, 0.4) is 0 Å². The lowest BCUT2D eigenvalue weighted by atomic mass is 10.2.